The van der Waals surface area contributed by atoms with E-state index >= 15 is 0 Å². The van der Waals surface area contributed by atoms with Gasteiger partial charge >= 0.3 is 0 Å². The molecule has 5 nitrogen and oxygen atoms in total. The third kappa shape index (κ3) is 3.75. The van der Waals surface area contributed by atoms with Gasteiger partial charge in [0.1, 0.15) is 17.5 Å². The molecule has 2 aromatic heterocycles. The molecule has 2 heterocycles. The van der Waals surface area contributed by atoms with Crippen molar-refractivity contribution in [3.05, 3.63) is 93.4 Å². The number of benzene rings is 2. The molecular formula is C21H16BrN3O2. The average molecular weight is 422 g/mol. The fourth-order valence-corrected chi connectivity index (χ4v) is 3.24. The Kier molecular flexibility index (Phi) is 4.73. The molecule has 1 unspecified atom stereocenters. The molecule has 134 valence electrons. The van der Waals surface area contributed by atoms with E-state index in [0.717, 1.165) is 21.1 Å². The molecule has 0 bridgehead atoms. The first-order valence-electron chi connectivity index (χ1n) is 8.47. The Morgan fingerprint density at radius 1 is 1.07 bits per heavy atom. The van der Waals surface area contributed by atoms with Crippen molar-refractivity contribution in [3.63, 3.8) is 0 Å². The summed E-state index contributed by atoms with van der Waals surface area (Å²) in [5.74, 6) is 0.669. The Bertz CT molecular complexity index is 1170. The predicted molar refractivity (Wildman–Crippen MR) is 108 cm³/mol. The van der Waals surface area contributed by atoms with E-state index in [9.17, 15) is 4.79 Å². The van der Waals surface area contributed by atoms with Crippen molar-refractivity contribution in [3.8, 4) is 11.4 Å². The van der Waals surface area contributed by atoms with Crippen molar-refractivity contribution in [2.45, 2.75) is 13.0 Å². The van der Waals surface area contributed by atoms with Crippen LogP contribution in [-0.4, -0.2) is 14.8 Å². The molecule has 4 rings (SSSR count). The summed E-state index contributed by atoms with van der Waals surface area (Å²) in [5, 5.41) is 5.47. The van der Waals surface area contributed by atoms with Crippen LogP contribution in [0.25, 0.3) is 16.6 Å². The Balaban J connectivity index is 1.65. The molecule has 0 amide bonds. The Hall–Kier alpha value is -2.99. The van der Waals surface area contributed by atoms with Gasteiger partial charge in [-0.2, -0.15) is 5.10 Å². The minimum absolute atomic E-state index is 0.156. The number of rotatable bonds is 4. The summed E-state index contributed by atoms with van der Waals surface area (Å²) in [6.07, 6.45) is 2.91. The lowest BCUT2D eigenvalue weighted by atomic mass is 10.2. The number of hydrogen-bond acceptors (Lipinski definition) is 4. The van der Waals surface area contributed by atoms with E-state index in [1.54, 1.807) is 17.1 Å². The maximum atomic E-state index is 12.3. The largest absolute Gasteiger partial charge is 0.484 e. The number of aromatic nitrogens is 3. The van der Waals surface area contributed by atoms with Gasteiger partial charge in [-0.1, -0.05) is 28.1 Å². The quantitative estimate of drug-likeness (QED) is 0.479. The van der Waals surface area contributed by atoms with Crippen LogP contribution in [0.5, 0.6) is 5.75 Å². The predicted octanol–water partition coefficient (Wildman–Crippen LogP) is 4.68. The highest BCUT2D eigenvalue weighted by Crippen LogP contribution is 2.23. The molecule has 0 radical (unpaired) electrons. The van der Waals surface area contributed by atoms with Crippen LogP contribution in [0, 0.1) is 0 Å². The second-order valence-electron chi connectivity index (χ2n) is 6.11. The molecule has 0 spiro atoms. The average Bonchev–Trinajstić information content (AvgIpc) is 2.68. The molecule has 0 fully saturated rings. The maximum absolute atomic E-state index is 12.3. The fraction of sp³-hybridized carbons (Fsp3) is 0.0952. The first-order valence-corrected chi connectivity index (χ1v) is 9.27. The summed E-state index contributed by atoms with van der Waals surface area (Å²) in [6, 6.07) is 18.7. The lowest BCUT2D eigenvalue weighted by molar-refractivity contribution is 0.218. The number of hydrogen-bond donors (Lipinski definition) is 0. The van der Waals surface area contributed by atoms with Gasteiger partial charge in [-0.15, -0.1) is 0 Å². The van der Waals surface area contributed by atoms with Crippen molar-refractivity contribution in [2.24, 2.45) is 0 Å². The monoisotopic (exact) mass is 421 g/mol. The van der Waals surface area contributed by atoms with E-state index in [1.807, 2.05) is 61.5 Å². The first-order chi connectivity index (χ1) is 13.1. The molecule has 0 aliphatic heterocycles. The highest BCUT2D eigenvalue weighted by molar-refractivity contribution is 9.10. The smallest absolute Gasteiger partial charge is 0.207 e. The van der Waals surface area contributed by atoms with Gasteiger partial charge < -0.3 is 4.74 Å². The van der Waals surface area contributed by atoms with Crippen LogP contribution in [0.2, 0.25) is 0 Å². The number of nitrogens with zero attached hydrogens (tertiary/aromatic N) is 3. The zero-order valence-electron chi connectivity index (χ0n) is 14.5. The van der Waals surface area contributed by atoms with Crippen LogP contribution in [0.4, 0.5) is 0 Å². The fourth-order valence-electron chi connectivity index (χ4n) is 2.85. The second-order valence-corrected chi connectivity index (χ2v) is 7.02. The van der Waals surface area contributed by atoms with Gasteiger partial charge in [0.25, 0.3) is 0 Å². The summed E-state index contributed by atoms with van der Waals surface area (Å²) >= 11 is 3.45. The molecule has 0 aliphatic carbocycles. The van der Waals surface area contributed by atoms with Gasteiger partial charge in [0.15, 0.2) is 0 Å². The van der Waals surface area contributed by atoms with Gasteiger partial charge in [0, 0.05) is 28.3 Å². The van der Waals surface area contributed by atoms with Crippen LogP contribution < -0.4 is 10.2 Å². The van der Waals surface area contributed by atoms with Crippen molar-refractivity contribution >= 4 is 26.8 Å². The van der Waals surface area contributed by atoms with Crippen LogP contribution in [0.3, 0.4) is 0 Å². The Labute approximate surface area is 164 Å². The van der Waals surface area contributed by atoms with Crippen LogP contribution in [0.15, 0.2) is 82.3 Å². The Morgan fingerprint density at radius 3 is 2.81 bits per heavy atom. The summed E-state index contributed by atoms with van der Waals surface area (Å²) < 4.78 is 8.60. The molecule has 27 heavy (non-hydrogen) atoms. The molecular weight excluding hydrogens is 406 g/mol. The summed E-state index contributed by atoms with van der Waals surface area (Å²) in [6.45, 7) is 1.82. The van der Waals surface area contributed by atoms with Crippen molar-refractivity contribution in [1.82, 2.24) is 14.8 Å². The van der Waals surface area contributed by atoms with Gasteiger partial charge in [0.2, 0.25) is 5.43 Å². The van der Waals surface area contributed by atoms with Crippen LogP contribution >= 0.6 is 15.9 Å². The zero-order chi connectivity index (χ0) is 18.8. The van der Waals surface area contributed by atoms with Crippen molar-refractivity contribution in [2.75, 3.05) is 0 Å². The van der Waals surface area contributed by atoms with E-state index in [0.29, 0.717) is 11.4 Å². The number of pyridine rings is 1. The highest BCUT2D eigenvalue weighted by atomic mass is 79.9. The summed E-state index contributed by atoms with van der Waals surface area (Å²) in [5.41, 5.74) is 1.95. The van der Waals surface area contributed by atoms with E-state index < -0.39 is 6.10 Å². The van der Waals surface area contributed by atoms with Crippen molar-refractivity contribution < 1.29 is 4.74 Å². The standard InChI is InChI=1S/C21H16BrN3O2/c1-14(27-18-7-8-19-15(12-18)4-3-10-23-19)21-20(26)9-11-25(24-21)17-6-2-5-16(22)13-17/h2-14H,1H3. The van der Waals surface area contributed by atoms with E-state index in [-0.39, 0.29) is 5.43 Å². The number of halogens is 1. The topological polar surface area (TPSA) is 57.0 Å². The third-order valence-electron chi connectivity index (χ3n) is 4.18. The first kappa shape index (κ1) is 17.4. The Morgan fingerprint density at radius 2 is 1.96 bits per heavy atom. The van der Waals surface area contributed by atoms with E-state index in [4.69, 9.17) is 4.74 Å². The molecule has 0 saturated heterocycles. The lowest BCUT2D eigenvalue weighted by Crippen LogP contribution is -2.21. The molecule has 0 N–H and O–H groups in total. The maximum Gasteiger partial charge on any atom is 0.207 e. The van der Waals surface area contributed by atoms with E-state index in [2.05, 4.69) is 26.0 Å². The third-order valence-corrected chi connectivity index (χ3v) is 4.67. The molecule has 6 heteroatoms. The van der Waals surface area contributed by atoms with Gasteiger partial charge in [0.05, 0.1) is 11.2 Å². The number of ether oxygens (including phenoxy) is 1. The van der Waals surface area contributed by atoms with Crippen LogP contribution in [-0.2, 0) is 0 Å². The molecule has 4 aromatic rings. The molecule has 1 atom stereocenters. The van der Waals surface area contributed by atoms with E-state index in [1.165, 1.54) is 6.07 Å². The summed E-state index contributed by atoms with van der Waals surface area (Å²) in [7, 11) is 0. The molecule has 0 saturated carbocycles. The second kappa shape index (κ2) is 7.32. The van der Waals surface area contributed by atoms with Gasteiger partial charge in [-0.05, 0) is 49.4 Å². The van der Waals surface area contributed by atoms with Crippen molar-refractivity contribution in [1.29, 1.82) is 0 Å². The zero-order valence-corrected chi connectivity index (χ0v) is 16.1. The van der Waals surface area contributed by atoms with Gasteiger partial charge in [-0.25, -0.2) is 4.68 Å². The number of fused-ring (bicyclic) bond motifs is 1. The SMILES string of the molecule is CC(Oc1ccc2ncccc2c1)c1nn(-c2cccc(Br)c2)ccc1=O. The normalized spacial score (nSPS) is 12.1. The minimum Gasteiger partial charge on any atom is -0.484 e. The highest BCUT2D eigenvalue weighted by Gasteiger charge is 2.15. The summed E-state index contributed by atoms with van der Waals surface area (Å²) in [4.78, 5) is 16.6. The molecule has 0 aliphatic rings. The van der Waals surface area contributed by atoms with Gasteiger partial charge in [-0.3, -0.25) is 9.78 Å². The minimum atomic E-state index is -0.494. The van der Waals surface area contributed by atoms with Crippen LogP contribution in [0.1, 0.15) is 18.7 Å². The lowest BCUT2D eigenvalue weighted by Gasteiger charge is -2.15. The molecule has 2 aromatic carbocycles.